The lowest BCUT2D eigenvalue weighted by molar-refractivity contribution is -0.147. The van der Waals surface area contributed by atoms with Gasteiger partial charge in [-0.15, -0.1) is 0 Å². The van der Waals surface area contributed by atoms with Crippen molar-refractivity contribution in [2.45, 2.75) is 180 Å². The highest BCUT2D eigenvalue weighted by atomic mass is 16.5. The third kappa shape index (κ3) is 30.7. The van der Waals surface area contributed by atoms with Gasteiger partial charge in [0.25, 0.3) is 0 Å². The minimum atomic E-state index is -0.724. The summed E-state index contributed by atoms with van der Waals surface area (Å²) in [6.07, 6.45) is 40.3. The Hall–Kier alpha value is -1.84. The summed E-state index contributed by atoms with van der Waals surface area (Å²) in [7, 11) is 0. The van der Waals surface area contributed by atoms with Gasteiger partial charge in [-0.1, -0.05) is 121 Å². The van der Waals surface area contributed by atoms with Crippen LogP contribution < -0.4 is 0 Å². The summed E-state index contributed by atoms with van der Waals surface area (Å²) in [5.74, 6) is -0.799. The van der Waals surface area contributed by atoms with E-state index >= 15 is 0 Å². The number of carboxylic acid groups (broad SMARTS) is 1. The van der Waals surface area contributed by atoms with E-state index in [0.29, 0.717) is 6.42 Å². The first-order chi connectivity index (χ1) is 19.6. The highest BCUT2D eigenvalue weighted by Gasteiger charge is 2.11. The standard InChI is InChI=1S/C36H64O4/c1-3-5-7-9-11-12-13-14-15-16-17-18-19-20-21-23-29-33-36(39)40-34(30-26-22-10-8-6-4-2)31-27-24-25-28-32-35(37)38/h11-12,14-15,26,30,34H,3-10,13,16-25,27-29,31-33H2,1-2H3,(H,37,38)/b12-11-,15-14-,30-26-. The summed E-state index contributed by atoms with van der Waals surface area (Å²) >= 11 is 0. The first-order valence-electron chi connectivity index (χ1n) is 17.0. The molecule has 4 nitrogen and oxygen atoms in total. The van der Waals surface area contributed by atoms with Gasteiger partial charge in [-0.3, -0.25) is 9.59 Å². The van der Waals surface area contributed by atoms with Crippen LogP contribution in [0.4, 0.5) is 0 Å². The van der Waals surface area contributed by atoms with Crippen molar-refractivity contribution in [1.82, 2.24) is 0 Å². The van der Waals surface area contributed by atoms with Crippen LogP contribution >= 0.6 is 0 Å². The molecule has 0 heterocycles. The lowest BCUT2D eigenvalue weighted by Crippen LogP contribution is -2.16. The van der Waals surface area contributed by atoms with Gasteiger partial charge in [0.2, 0.25) is 0 Å². The molecule has 0 aliphatic heterocycles. The van der Waals surface area contributed by atoms with E-state index in [1.54, 1.807) is 0 Å². The number of carboxylic acids is 1. The van der Waals surface area contributed by atoms with Crippen LogP contribution in [0.3, 0.4) is 0 Å². The molecule has 4 heteroatoms. The van der Waals surface area contributed by atoms with Crippen LogP contribution in [-0.2, 0) is 14.3 Å². The second kappa shape index (κ2) is 31.7. The second-order valence-corrected chi connectivity index (χ2v) is 11.3. The van der Waals surface area contributed by atoms with Gasteiger partial charge in [0, 0.05) is 12.8 Å². The molecule has 0 spiro atoms. The number of unbranched alkanes of at least 4 members (excludes halogenated alkanes) is 17. The summed E-state index contributed by atoms with van der Waals surface area (Å²) < 4.78 is 5.82. The van der Waals surface area contributed by atoms with Crippen LogP contribution in [-0.4, -0.2) is 23.1 Å². The SMILES string of the molecule is CCCCC/C=C\C/C=C\CCCCCCCCCC(=O)OC(/C=C\CCCCCC)CCCCCCC(=O)O. The molecule has 0 saturated carbocycles. The number of esters is 1. The van der Waals surface area contributed by atoms with Gasteiger partial charge < -0.3 is 9.84 Å². The number of ether oxygens (including phenoxy) is 1. The number of allylic oxidation sites excluding steroid dienone is 5. The normalized spacial score (nSPS) is 12.7. The Bertz CT molecular complexity index is 649. The molecule has 40 heavy (non-hydrogen) atoms. The van der Waals surface area contributed by atoms with Gasteiger partial charge >= 0.3 is 11.9 Å². The van der Waals surface area contributed by atoms with E-state index in [-0.39, 0.29) is 18.5 Å². The van der Waals surface area contributed by atoms with Crippen molar-refractivity contribution in [3.63, 3.8) is 0 Å². The maximum atomic E-state index is 12.5. The zero-order valence-corrected chi connectivity index (χ0v) is 26.4. The van der Waals surface area contributed by atoms with Gasteiger partial charge in [0.1, 0.15) is 6.10 Å². The van der Waals surface area contributed by atoms with E-state index in [4.69, 9.17) is 9.84 Å². The Morgan fingerprint density at radius 3 is 1.68 bits per heavy atom. The van der Waals surface area contributed by atoms with Crippen molar-refractivity contribution in [3.8, 4) is 0 Å². The fraction of sp³-hybridized carbons (Fsp3) is 0.778. The van der Waals surface area contributed by atoms with E-state index in [1.165, 1.54) is 89.9 Å². The number of hydrogen-bond donors (Lipinski definition) is 1. The van der Waals surface area contributed by atoms with Gasteiger partial charge in [-0.05, 0) is 76.7 Å². The van der Waals surface area contributed by atoms with E-state index in [9.17, 15) is 9.59 Å². The van der Waals surface area contributed by atoms with E-state index in [1.807, 2.05) is 0 Å². The molecule has 1 N–H and O–H groups in total. The predicted octanol–water partition coefficient (Wildman–Crippen LogP) is 11.4. The van der Waals surface area contributed by atoms with Crippen LogP contribution in [0.15, 0.2) is 36.5 Å². The molecular weight excluding hydrogens is 496 g/mol. The molecule has 0 fully saturated rings. The van der Waals surface area contributed by atoms with Gasteiger partial charge in [-0.2, -0.15) is 0 Å². The van der Waals surface area contributed by atoms with Crippen molar-refractivity contribution in [3.05, 3.63) is 36.5 Å². The number of hydrogen-bond acceptors (Lipinski definition) is 3. The predicted molar refractivity (Wildman–Crippen MR) is 172 cm³/mol. The van der Waals surface area contributed by atoms with Gasteiger partial charge in [0.05, 0.1) is 0 Å². The average molecular weight is 561 g/mol. The number of carbonyl (C=O) groups excluding carboxylic acids is 1. The van der Waals surface area contributed by atoms with Crippen LogP contribution in [0.2, 0.25) is 0 Å². The molecule has 232 valence electrons. The summed E-state index contributed by atoms with van der Waals surface area (Å²) in [6.45, 7) is 4.47. The smallest absolute Gasteiger partial charge is 0.306 e. The molecule has 0 radical (unpaired) electrons. The maximum Gasteiger partial charge on any atom is 0.306 e. The van der Waals surface area contributed by atoms with Crippen molar-refractivity contribution < 1.29 is 19.4 Å². The number of carbonyl (C=O) groups is 2. The molecule has 0 amide bonds. The highest BCUT2D eigenvalue weighted by Crippen LogP contribution is 2.15. The van der Waals surface area contributed by atoms with E-state index in [0.717, 1.165) is 57.8 Å². The number of rotatable bonds is 30. The van der Waals surface area contributed by atoms with E-state index < -0.39 is 5.97 Å². The minimum absolute atomic E-state index is 0.0749. The molecule has 0 rings (SSSR count). The van der Waals surface area contributed by atoms with E-state index in [2.05, 4.69) is 50.3 Å². The molecule has 0 aliphatic rings. The molecule has 0 aromatic rings. The summed E-state index contributed by atoms with van der Waals surface area (Å²) in [5, 5.41) is 8.78. The van der Waals surface area contributed by atoms with Crippen LogP contribution in [0.5, 0.6) is 0 Å². The lowest BCUT2D eigenvalue weighted by Gasteiger charge is -2.15. The first kappa shape index (κ1) is 38.2. The summed E-state index contributed by atoms with van der Waals surface area (Å²) in [4.78, 5) is 23.1. The monoisotopic (exact) mass is 560 g/mol. The fourth-order valence-electron chi connectivity index (χ4n) is 4.77. The maximum absolute atomic E-state index is 12.5. The largest absolute Gasteiger partial charge is 0.481 e. The Balaban J connectivity index is 3.93. The van der Waals surface area contributed by atoms with Gasteiger partial charge in [-0.25, -0.2) is 0 Å². The summed E-state index contributed by atoms with van der Waals surface area (Å²) in [5.41, 5.74) is 0. The van der Waals surface area contributed by atoms with Crippen LogP contribution in [0.1, 0.15) is 174 Å². The molecule has 1 unspecified atom stereocenters. The number of aliphatic carboxylic acids is 1. The molecule has 0 bridgehead atoms. The Labute approximate surface area is 248 Å². The zero-order chi connectivity index (χ0) is 29.4. The Morgan fingerprint density at radius 2 is 1.05 bits per heavy atom. The lowest BCUT2D eigenvalue weighted by atomic mass is 10.1. The fourth-order valence-corrected chi connectivity index (χ4v) is 4.77. The average Bonchev–Trinajstić information content (AvgIpc) is 2.93. The molecule has 0 aliphatic carbocycles. The Kier molecular flexibility index (Phi) is 30.2. The topological polar surface area (TPSA) is 63.6 Å². The van der Waals surface area contributed by atoms with Gasteiger partial charge in [0.15, 0.2) is 0 Å². The molecule has 1 atom stereocenters. The first-order valence-corrected chi connectivity index (χ1v) is 17.0. The highest BCUT2D eigenvalue weighted by molar-refractivity contribution is 5.69. The third-order valence-corrected chi connectivity index (χ3v) is 7.32. The van der Waals surface area contributed by atoms with Crippen molar-refractivity contribution >= 4 is 11.9 Å². The molecule has 0 aromatic carbocycles. The Morgan fingerprint density at radius 1 is 0.575 bits per heavy atom. The van der Waals surface area contributed by atoms with Crippen molar-refractivity contribution in [2.75, 3.05) is 0 Å². The van der Waals surface area contributed by atoms with Crippen molar-refractivity contribution in [1.29, 1.82) is 0 Å². The molecular formula is C36H64O4. The van der Waals surface area contributed by atoms with Crippen LogP contribution in [0.25, 0.3) is 0 Å². The molecule has 0 aromatic heterocycles. The third-order valence-electron chi connectivity index (χ3n) is 7.32. The molecule has 0 saturated heterocycles. The quantitative estimate of drug-likeness (QED) is 0.0539. The minimum Gasteiger partial charge on any atom is -0.481 e. The second-order valence-electron chi connectivity index (χ2n) is 11.3. The van der Waals surface area contributed by atoms with Crippen molar-refractivity contribution in [2.24, 2.45) is 0 Å². The zero-order valence-electron chi connectivity index (χ0n) is 26.4. The summed E-state index contributed by atoms with van der Waals surface area (Å²) in [6, 6.07) is 0. The van der Waals surface area contributed by atoms with Crippen LogP contribution in [0, 0.1) is 0 Å².